The normalized spacial score (nSPS) is 24.1. The molecule has 3 fully saturated rings. The minimum Gasteiger partial charge on any atom is -0.375 e. The Hall–Kier alpha value is -2.85. The molecule has 0 radical (unpaired) electrons. The molecule has 0 spiro atoms. The average Bonchev–Trinajstić information content (AvgIpc) is 3.70. The van der Waals surface area contributed by atoms with E-state index in [-0.39, 0.29) is 35.1 Å². The van der Waals surface area contributed by atoms with Gasteiger partial charge in [-0.1, -0.05) is 6.07 Å². The topological polar surface area (TPSA) is 101 Å². The Balaban J connectivity index is 0.949. The smallest absolute Gasteiger partial charge is 0.237 e. The molecule has 0 atom stereocenters. The van der Waals surface area contributed by atoms with E-state index in [4.69, 9.17) is 4.74 Å². The molecule has 1 N–H and O–H groups in total. The van der Waals surface area contributed by atoms with E-state index in [1.165, 1.54) is 12.1 Å². The number of aliphatic imine (C=N–C) groups is 1. The Morgan fingerprint density at radius 1 is 0.974 bits per heavy atom. The molecule has 2 aliphatic heterocycles. The zero-order valence-corrected chi connectivity index (χ0v) is 22.1. The van der Waals surface area contributed by atoms with Crippen molar-refractivity contribution in [3.8, 4) is 0 Å². The molecular formula is C28H33FN4O4S. The summed E-state index contributed by atoms with van der Waals surface area (Å²) in [6.45, 7) is 1.72. The predicted molar refractivity (Wildman–Crippen MR) is 143 cm³/mol. The van der Waals surface area contributed by atoms with Crippen LogP contribution in [0.1, 0.15) is 62.5 Å². The maximum absolute atomic E-state index is 13.5. The SMILES string of the molecule is O=C(NS(=O)(=O)C1CC1)C1CCC(OC2CCN(c3ccc(C4=Nc5cc(F)ccc5C4)cn3)CC2)CC1. The van der Waals surface area contributed by atoms with Crippen LogP contribution >= 0.6 is 0 Å². The minimum atomic E-state index is -3.48. The standard InChI is InChI=1S/C28H33FN4O4S/c29-21-5-1-19-15-25(31-26(19)16-21)20-4-10-27(30-17-20)33-13-11-23(12-14-33)37-22-6-2-18(3-7-22)28(34)32-38(35,36)24-8-9-24/h1,4-5,10,16-18,22-24H,2-3,6-9,11-15H2,(H,32,34). The summed E-state index contributed by atoms with van der Waals surface area (Å²) in [5, 5.41) is -0.378. The molecule has 1 amide bonds. The van der Waals surface area contributed by atoms with Gasteiger partial charge in [0.1, 0.15) is 11.6 Å². The maximum Gasteiger partial charge on any atom is 0.237 e. The van der Waals surface area contributed by atoms with Crippen molar-refractivity contribution in [2.75, 3.05) is 18.0 Å². The van der Waals surface area contributed by atoms with Crippen LogP contribution in [0.4, 0.5) is 15.9 Å². The third kappa shape index (κ3) is 5.61. The lowest BCUT2D eigenvalue weighted by atomic mass is 9.87. The summed E-state index contributed by atoms with van der Waals surface area (Å²) in [5.41, 5.74) is 3.60. The van der Waals surface area contributed by atoms with Crippen molar-refractivity contribution in [1.82, 2.24) is 9.71 Å². The fourth-order valence-electron chi connectivity index (χ4n) is 5.71. The first kappa shape index (κ1) is 25.4. The highest BCUT2D eigenvalue weighted by molar-refractivity contribution is 7.90. The molecular weight excluding hydrogens is 507 g/mol. The number of anilines is 1. The molecule has 0 unspecified atom stereocenters. The highest BCUT2D eigenvalue weighted by Crippen LogP contribution is 2.32. The highest BCUT2D eigenvalue weighted by atomic mass is 32.2. The number of hydrogen-bond acceptors (Lipinski definition) is 7. The molecule has 8 nitrogen and oxygen atoms in total. The summed E-state index contributed by atoms with van der Waals surface area (Å²) in [5.74, 6) is 0.0684. The molecule has 6 rings (SSSR count). The number of sulfonamides is 1. The Bertz CT molecular complexity index is 1330. The van der Waals surface area contributed by atoms with E-state index in [0.717, 1.165) is 61.4 Å². The monoisotopic (exact) mass is 540 g/mol. The lowest BCUT2D eigenvalue weighted by molar-refractivity contribution is -0.125. The van der Waals surface area contributed by atoms with E-state index < -0.39 is 10.0 Å². The number of rotatable bonds is 7. The van der Waals surface area contributed by atoms with Crippen molar-refractivity contribution in [1.29, 1.82) is 0 Å². The second-order valence-corrected chi connectivity index (χ2v) is 12.9. The van der Waals surface area contributed by atoms with Gasteiger partial charge in [0.05, 0.1) is 28.9 Å². The molecule has 10 heteroatoms. The van der Waals surface area contributed by atoms with Gasteiger partial charge in [-0.05, 0) is 81.2 Å². The molecule has 0 bridgehead atoms. The summed E-state index contributed by atoms with van der Waals surface area (Å²) >= 11 is 0. The summed E-state index contributed by atoms with van der Waals surface area (Å²) in [6, 6.07) is 8.80. The first-order valence-corrected chi connectivity index (χ1v) is 15.2. The van der Waals surface area contributed by atoms with Gasteiger partial charge in [0.2, 0.25) is 15.9 Å². The minimum absolute atomic E-state index is 0.123. The lowest BCUT2D eigenvalue weighted by Gasteiger charge is -2.36. The highest BCUT2D eigenvalue weighted by Gasteiger charge is 2.38. The zero-order valence-electron chi connectivity index (χ0n) is 21.3. The summed E-state index contributed by atoms with van der Waals surface area (Å²) < 4.78 is 46.3. The molecule has 202 valence electrons. The van der Waals surface area contributed by atoms with E-state index in [9.17, 15) is 17.6 Å². The van der Waals surface area contributed by atoms with Crippen LogP contribution in [0.2, 0.25) is 0 Å². The molecule has 3 heterocycles. The van der Waals surface area contributed by atoms with Crippen LogP contribution in [0.3, 0.4) is 0 Å². The first-order chi connectivity index (χ1) is 18.3. The van der Waals surface area contributed by atoms with Crippen molar-refractivity contribution in [2.24, 2.45) is 10.9 Å². The van der Waals surface area contributed by atoms with Crippen LogP contribution in [-0.2, 0) is 26.0 Å². The Morgan fingerprint density at radius 3 is 2.39 bits per heavy atom. The number of amides is 1. The largest absolute Gasteiger partial charge is 0.375 e. The average molecular weight is 541 g/mol. The van der Waals surface area contributed by atoms with Crippen molar-refractivity contribution >= 4 is 33.1 Å². The fourth-order valence-corrected chi connectivity index (χ4v) is 7.08. The molecule has 2 aliphatic carbocycles. The van der Waals surface area contributed by atoms with E-state index >= 15 is 0 Å². The van der Waals surface area contributed by atoms with Crippen molar-refractivity contribution in [2.45, 2.75) is 75.2 Å². The summed E-state index contributed by atoms with van der Waals surface area (Å²) in [6.07, 6.45) is 8.86. The van der Waals surface area contributed by atoms with Gasteiger partial charge in [-0.3, -0.25) is 14.5 Å². The summed E-state index contributed by atoms with van der Waals surface area (Å²) in [7, 11) is -3.48. The van der Waals surface area contributed by atoms with Gasteiger partial charge < -0.3 is 9.64 Å². The van der Waals surface area contributed by atoms with Crippen molar-refractivity contribution in [3.63, 3.8) is 0 Å². The Labute approximate surface area is 222 Å². The van der Waals surface area contributed by atoms with Crippen LogP contribution in [0.25, 0.3) is 0 Å². The third-order valence-corrected chi connectivity index (χ3v) is 9.98. The number of carbonyl (C=O) groups is 1. The number of halogens is 1. The Kier molecular flexibility index (Phi) is 6.94. The van der Waals surface area contributed by atoms with E-state index in [2.05, 4.69) is 19.6 Å². The second kappa shape index (κ2) is 10.4. The van der Waals surface area contributed by atoms with E-state index in [0.29, 0.717) is 37.8 Å². The number of benzene rings is 1. The molecule has 1 aromatic carbocycles. The third-order valence-electron chi connectivity index (χ3n) is 8.14. The molecule has 4 aliphatic rings. The van der Waals surface area contributed by atoms with Gasteiger partial charge in [-0.25, -0.2) is 17.8 Å². The number of hydrogen-bond donors (Lipinski definition) is 1. The van der Waals surface area contributed by atoms with Gasteiger partial charge in [-0.2, -0.15) is 0 Å². The van der Waals surface area contributed by atoms with Crippen LogP contribution in [0.5, 0.6) is 0 Å². The van der Waals surface area contributed by atoms with Gasteiger partial charge in [0, 0.05) is 37.2 Å². The van der Waals surface area contributed by atoms with Gasteiger partial charge in [0.15, 0.2) is 0 Å². The van der Waals surface area contributed by atoms with Crippen LogP contribution in [-0.4, -0.2) is 55.6 Å². The molecule has 38 heavy (non-hydrogen) atoms. The fraction of sp³-hybridized carbons (Fsp3) is 0.536. The molecule has 1 saturated heterocycles. The number of nitrogens with one attached hydrogen (secondary N) is 1. The quantitative estimate of drug-likeness (QED) is 0.569. The second-order valence-electron chi connectivity index (χ2n) is 10.9. The van der Waals surface area contributed by atoms with Gasteiger partial charge >= 0.3 is 0 Å². The van der Waals surface area contributed by atoms with Crippen molar-refractivity contribution < 1.29 is 22.3 Å². The van der Waals surface area contributed by atoms with E-state index in [1.807, 2.05) is 18.3 Å². The number of piperidine rings is 1. The number of fused-ring (bicyclic) bond motifs is 1. The molecule has 1 aromatic heterocycles. The molecule has 2 aromatic rings. The van der Waals surface area contributed by atoms with Crippen LogP contribution in [0.15, 0.2) is 41.5 Å². The summed E-state index contributed by atoms with van der Waals surface area (Å²) in [4.78, 5) is 23.9. The number of pyridine rings is 1. The van der Waals surface area contributed by atoms with Crippen LogP contribution in [0, 0.1) is 11.7 Å². The number of nitrogens with zero attached hydrogens (tertiary/aromatic N) is 3. The Morgan fingerprint density at radius 2 is 1.71 bits per heavy atom. The maximum atomic E-state index is 13.5. The first-order valence-electron chi connectivity index (χ1n) is 13.6. The van der Waals surface area contributed by atoms with E-state index in [1.54, 1.807) is 6.07 Å². The van der Waals surface area contributed by atoms with Crippen molar-refractivity contribution in [3.05, 3.63) is 53.5 Å². The number of carbonyl (C=O) groups excluding carboxylic acids is 1. The van der Waals surface area contributed by atoms with Gasteiger partial charge in [-0.15, -0.1) is 0 Å². The molecule has 2 saturated carbocycles. The predicted octanol–water partition coefficient (Wildman–Crippen LogP) is 4.05. The lowest BCUT2D eigenvalue weighted by Crippen LogP contribution is -2.41. The van der Waals surface area contributed by atoms with Gasteiger partial charge in [0.25, 0.3) is 0 Å². The number of ether oxygens (including phenoxy) is 1. The van der Waals surface area contributed by atoms with Crippen LogP contribution < -0.4 is 9.62 Å². The number of aromatic nitrogens is 1. The zero-order chi connectivity index (χ0) is 26.3.